The van der Waals surface area contributed by atoms with Crippen molar-refractivity contribution in [1.82, 2.24) is 4.31 Å². The van der Waals surface area contributed by atoms with Crippen LogP contribution in [0.15, 0.2) is 53.4 Å². The summed E-state index contributed by atoms with van der Waals surface area (Å²) >= 11 is 0. The summed E-state index contributed by atoms with van der Waals surface area (Å²) in [6, 6.07) is 10.7. The van der Waals surface area contributed by atoms with E-state index in [9.17, 15) is 26.4 Å². The van der Waals surface area contributed by atoms with Gasteiger partial charge in [-0.15, -0.1) is 13.2 Å². The van der Waals surface area contributed by atoms with Gasteiger partial charge in [-0.25, -0.2) is 8.42 Å². The maximum Gasteiger partial charge on any atom is 0.573 e. The van der Waals surface area contributed by atoms with Crippen LogP contribution < -0.4 is 10.1 Å². The van der Waals surface area contributed by atoms with E-state index in [1.165, 1.54) is 7.05 Å². The van der Waals surface area contributed by atoms with E-state index in [0.29, 0.717) is 5.69 Å². The summed E-state index contributed by atoms with van der Waals surface area (Å²) in [6.07, 6.45) is -4.87. The molecule has 0 unspecified atom stereocenters. The average molecular weight is 402 g/mol. The lowest BCUT2D eigenvalue weighted by atomic mass is 10.2. The Morgan fingerprint density at radius 2 is 1.63 bits per heavy atom. The van der Waals surface area contributed by atoms with Crippen LogP contribution in [0.5, 0.6) is 5.75 Å². The summed E-state index contributed by atoms with van der Waals surface area (Å²) in [5, 5.41) is 2.57. The highest BCUT2D eigenvalue weighted by Crippen LogP contribution is 2.24. The highest BCUT2D eigenvalue weighted by atomic mass is 32.2. The van der Waals surface area contributed by atoms with Crippen molar-refractivity contribution in [2.24, 2.45) is 0 Å². The number of nitrogens with zero attached hydrogens (tertiary/aromatic N) is 1. The molecule has 0 bridgehead atoms. The predicted octanol–water partition coefficient (Wildman–Crippen LogP) is 3.15. The fourth-order valence-corrected chi connectivity index (χ4v) is 3.24. The minimum atomic E-state index is -4.87. The quantitative estimate of drug-likeness (QED) is 0.806. The monoisotopic (exact) mass is 402 g/mol. The van der Waals surface area contributed by atoms with E-state index in [-0.39, 0.29) is 4.90 Å². The van der Waals surface area contributed by atoms with Crippen molar-refractivity contribution >= 4 is 21.6 Å². The van der Waals surface area contributed by atoms with E-state index >= 15 is 0 Å². The van der Waals surface area contributed by atoms with Crippen LogP contribution in [0.25, 0.3) is 0 Å². The number of carbonyl (C=O) groups excluding carboxylic acids is 1. The Labute approximate surface area is 154 Å². The Kier molecular flexibility index (Phi) is 6.11. The number of benzene rings is 2. The third-order valence-corrected chi connectivity index (χ3v) is 5.28. The van der Waals surface area contributed by atoms with Gasteiger partial charge in [0.2, 0.25) is 15.9 Å². The van der Waals surface area contributed by atoms with Gasteiger partial charge in [0.25, 0.3) is 0 Å². The fraction of sp³-hybridized carbons (Fsp3) is 0.235. The molecule has 0 saturated carbocycles. The van der Waals surface area contributed by atoms with Gasteiger partial charge in [0.1, 0.15) is 5.75 Å². The molecule has 146 valence electrons. The number of hydrogen-bond acceptors (Lipinski definition) is 4. The van der Waals surface area contributed by atoms with Crippen LogP contribution in [-0.2, 0) is 14.8 Å². The highest BCUT2D eigenvalue weighted by molar-refractivity contribution is 7.89. The molecule has 0 atom stereocenters. The third-order valence-electron chi connectivity index (χ3n) is 3.47. The van der Waals surface area contributed by atoms with Crippen molar-refractivity contribution in [3.63, 3.8) is 0 Å². The molecule has 2 aromatic rings. The number of sulfonamides is 1. The zero-order chi connectivity index (χ0) is 20.2. The van der Waals surface area contributed by atoms with E-state index in [1.54, 1.807) is 24.3 Å². The van der Waals surface area contributed by atoms with E-state index in [0.717, 1.165) is 34.1 Å². The first-order chi connectivity index (χ1) is 12.5. The summed E-state index contributed by atoms with van der Waals surface area (Å²) in [4.78, 5) is 11.8. The standard InChI is InChI=1S/C17H17F3N2O4S/c1-12-3-5-13(6-4-12)21-16(23)11-22(2)27(24,25)15-9-7-14(8-10-15)26-17(18,19)20/h3-10H,11H2,1-2H3,(H,21,23). The number of alkyl halides is 3. The van der Waals surface area contributed by atoms with Crippen molar-refractivity contribution in [3.8, 4) is 5.75 Å². The second kappa shape index (κ2) is 7.97. The molecule has 0 aliphatic rings. The Balaban J connectivity index is 2.04. The summed E-state index contributed by atoms with van der Waals surface area (Å²) in [7, 11) is -2.86. The molecule has 10 heteroatoms. The van der Waals surface area contributed by atoms with Crippen molar-refractivity contribution in [2.75, 3.05) is 18.9 Å². The molecule has 0 spiro atoms. The molecule has 1 N–H and O–H groups in total. The normalized spacial score (nSPS) is 12.1. The molecule has 1 amide bonds. The van der Waals surface area contributed by atoms with Crippen molar-refractivity contribution < 1.29 is 31.1 Å². The van der Waals surface area contributed by atoms with Gasteiger partial charge in [0.05, 0.1) is 11.4 Å². The number of rotatable bonds is 6. The topological polar surface area (TPSA) is 75.7 Å². The maximum atomic E-state index is 12.4. The Hall–Kier alpha value is -2.59. The lowest BCUT2D eigenvalue weighted by Gasteiger charge is -2.17. The molecule has 0 fully saturated rings. The molecule has 0 radical (unpaired) electrons. The Morgan fingerprint density at radius 3 is 2.15 bits per heavy atom. The molecule has 0 aliphatic carbocycles. The SMILES string of the molecule is Cc1ccc(NC(=O)CN(C)S(=O)(=O)c2ccc(OC(F)(F)F)cc2)cc1. The number of halogens is 3. The van der Waals surface area contributed by atoms with E-state index < -0.39 is 34.6 Å². The minimum absolute atomic E-state index is 0.261. The van der Waals surface area contributed by atoms with Crippen molar-refractivity contribution in [2.45, 2.75) is 18.2 Å². The first kappa shape index (κ1) is 20.7. The summed E-state index contributed by atoms with van der Waals surface area (Å²) in [5.41, 5.74) is 1.52. The van der Waals surface area contributed by atoms with E-state index in [4.69, 9.17) is 0 Å². The largest absolute Gasteiger partial charge is 0.573 e. The number of hydrogen-bond donors (Lipinski definition) is 1. The van der Waals surface area contributed by atoms with Gasteiger partial charge in [-0.3, -0.25) is 4.79 Å². The van der Waals surface area contributed by atoms with E-state index in [1.807, 2.05) is 6.92 Å². The molecule has 0 heterocycles. The zero-order valence-corrected chi connectivity index (χ0v) is 15.3. The van der Waals surface area contributed by atoms with Gasteiger partial charge in [-0.2, -0.15) is 4.31 Å². The van der Waals surface area contributed by atoms with Crippen LogP contribution in [0.1, 0.15) is 5.56 Å². The van der Waals surface area contributed by atoms with Gasteiger partial charge in [0, 0.05) is 12.7 Å². The molecule has 0 aliphatic heterocycles. The van der Waals surface area contributed by atoms with Crippen LogP contribution >= 0.6 is 0 Å². The van der Waals surface area contributed by atoms with E-state index in [2.05, 4.69) is 10.1 Å². The van der Waals surface area contributed by atoms with Crippen LogP contribution in [0.4, 0.5) is 18.9 Å². The first-order valence-corrected chi connectivity index (χ1v) is 9.10. The molecule has 27 heavy (non-hydrogen) atoms. The number of carbonyl (C=O) groups is 1. The number of nitrogens with one attached hydrogen (secondary N) is 1. The van der Waals surface area contributed by atoms with Crippen molar-refractivity contribution in [1.29, 1.82) is 0 Å². The number of amides is 1. The van der Waals surface area contributed by atoms with Crippen LogP contribution in [0.2, 0.25) is 0 Å². The summed E-state index contributed by atoms with van der Waals surface area (Å²) < 4.78 is 65.9. The number of ether oxygens (including phenoxy) is 1. The highest BCUT2D eigenvalue weighted by Gasteiger charge is 2.31. The first-order valence-electron chi connectivity index (χ1n) is 7.66. The number of aryl methyl sites for hydroxylation is 1. The third kappa shape index (κ3) is 5.97. The molecule has 6 nitrogen and oxygen atoms in total. The zero-order valence-electron chi connectivity index (χ0n) is 14.4. The van der Waals surface area contributed by atoms with Gasteiger partial charge < -0.3 is 10.1 Å². The molecule has 0 saturated heterocycles. The predicted molar refractivity (Wildman–Crippen MR) is 92.7 cm³/mol. The minimum Gasteiger partial charge on any atom is -0.406 e. The molecular weight excluding hydrogens is 385 g/mol. The summed E-state index contributed by atoms with van der Waals surface area (Å²) in [6.45, 7) is 1.42. The maximum absolute atomic E-state index is 12.4. The number of likely N-dealkylation sites (N-methyl/N-ethyl adjacent to an activating group) is 1. The second-order valence-corrected chi connectivity index (χ2v) is 7.74. The Morgan fingerprint density at radius 1 is 1.07 bits per heavy atom. The van der Waals surface area contributed by atoms with Gasteiger partial charge >= 0.3 is 6.36 Å². The van der Waals surface area contributed by atoms with Gasteiger partial charge in [-0.1, -0.05) is 17.7 Å². The lowest BCUT2D eigenvalue weighted by molar-refractivity contribution is -0.274. The van der Waals surface area contributed by atoms with Crippen molar-refractivity contribution in [3.05, 3.63) is 54.1 Å². The number of anilines is 1. The molecular formula is C17H17F3N2O4S. The Bertz CT molecular complexity index is 895. The lowest BCUT2D eigenvalue weighted by Crippen LogP contribution is -2.34. The second-order valence-electron chi connectivity index (χ2n) is 5.69. The molecule has 2 aromatic carbocycles. The van der Waals surface area contributed by atoms with Crippen LogP contribution in [0.3, 0.4) is 0 Å². The van der Waals surface area contributed by atoms with Gasteiger partial charge in [-0.05, 0) is 43.3 Å². The van der Waals surface area contributed by atoms with Gasteiger partial charge in [0.15, 0.2) is 0 Å². The molecule has 0 aromatic heterocycles. The fourth-order valence-electron chi connectivity index (χ4n) is 2.12. The van der Waals surface area contributed by atoms with Crippen LogP contribution in [-0.4, -0.2) is 38.6 Å². The smallest absolute Gasteiger partial charge is 0.406 e. The summed E-state index contributed by atoms with van der Waals surface area (Å²) in [5.74, 6) is -1.09. The van der Waals surface area contributed by atoms with Crippen LogP contribution in [0, 0.1) is 6.92 Å². The average Bonchev–Trinajstić information content (AvgIpc) is 2.56. The molecule has 2 rings (SSSR count).